The number of aryl methyl sites for hydroxylation is 1. The maximum atomic E-state index is 12.8. The van der Waals surface area contributed by atoms with Crippen LogP contribution in [-0.4, -0.2) is 65.5 Å². The topological polar surface area (TPSA) is 38.8 Å². The first-order chi connectivity index (χ1) is 16.6. The second kappa shape index (κ2) is 10.6. The zero-order chi connectivity index (χ0) is 23.5. The molecule has 2 bridgehead atoms. The number of likely N-dealkylation sites (tertiary alicyclic amines) is 1. The number of hydrazine groups is 1. The zero-order valence-corrected chi connectivity index (χ0v) is 20.7. The standard InChI is InChI=1S/C29H40N4O/c1-3-16-31-19-15-26-13-14-27(21-31)33(26)28(25-8-6-7-22(2)20-25)23-9-11-24(12-10-23)29(34)30-32-17-4-5-18-32/h3,6-11,20,24,26-28H,1,4-5,12-19,21H2,2H3,(H,30,34). The van der Waals surface area contributed by atoms with Crippen molar-refractivity contribution in [1.82, 2.24) is 20.2 Å². The van der Waals surface area contributed by atoms with E-state index < -0.39 is 0 Å². The number of nitrogens with zero attached hydrogens (tertiary/aromatic N) is 3. The summed E-state index contributed by atoms with van der Waals surface area (Å²) in [5.74, 6) is 0.0573. The minimum absolute atomic E-state index is 0.0774. The van der Waals surface area contributed by atoms with Gasteiger partial charge >= 0.3 is 0 Å². The van der Waals surface area contributed by atoms with Gasteiger partial charge in [0.25, 0.3) is 0 Å². The van der Waals surface area contributed by atoms with Crippen LogP contribution >= 0.6 is 0 Å². The highest BCUT2D eigenvalue weighted by molar-refractivity contribution is 5.80. The van der Waals surface area contributed by atoms with Crippen LogP contribution in [0.2, 0.25) is 0 Å². The Morgan fingerprint density at radius 2 is 2.00 bits per heavy atom. The molecule has 5 nitrogen and oxygen atoms in total. The average molecular weight is 461 g/mol. The molecule has 5 heteroatoms. The van der Waals surface area contributed by atoms with Gasteiger partial charge in [0, 0.05) is 44.8 Å². The summed E-state index contributed by atoms with van der Waals surface area (Å²) >= 11 is 0. The molecule has 3 fully saturated rings. The number of allylic oxidation sites excluding steroid dienone is 1. The van der Waals surface area contributed by atoms with E-state index in [1.165, 1.54) is 48.8 Å². The SMILES string of the molecule is C=CCN1CCC2CCC(C1)N2C(C1=CCC(C(=O)NN2CCCC2)C=C1)c1cccc(C)c1. The molecule has 0 spiro atoms. The van der Waals surface area contributed by atoms with Crippen LogP contribution in [0.15, 0.2) is 60.7 Å². The molecular weight excluding hydrogens is 420 g/mol. The van der Waals surface area contributed by atoms with E-state index in [-0.39, 0.29) is 17.9 Å². The summed E-state index contributed by atoms with van der Waals surface area (Å²) in [6.07, 6.45) is 15.7. The molecular formula is C29H40N4O. The van der Waals surface area contributed by atoms with E-state index in [2.05, 4.69) is 76.2 Å². The first-order valence-corrected chi connectivity index (χ1v) is 13.2. The van der Waals surface area contributed by atoms with Gasteiger partial charge in [-0.15, -0.1) is 6.58 Å². The van der Waals surface area contributed by atoms with Crippen LogP contribution < -0.4 is 5.43 Å². The van der Waals surface area contributed by atoms with Gasteiger partial charge in [0.2, 0.25) is 5.91 Å². The maximum Gasteiger partial charge on any atom is 0.241 e. The van der Waals surface area contributed by atoms with Crippen LogP contribution in [0.1, 0.15) is 55.7 Å². The van der Waals surface area contributed by atoms with Crippen molar-refractivity contribution in [3.05, 3.63) is 71.8 Å². The minimum Gasteiger partial charge on any atom is -0.298 e. The fourth-order valence-corrected chi connectivity index (χ4v) is 6.43. The van der Waals surface area contributed by atoms with Crippen molar-refractivity contribution in [2.45, 2.75) is 63.6 Å². The van der Waals surface area contributed by atoms with Gasteiger partial charge < -0.3 is 0 Å². The normalized spacial score (nSPS) is 29.0. The number of hydrogen-bond acceptors (Lipinski definition) is 4. The molecule has 4 aliphatic rings. The molecule has 0 aromatic heterocycles. The Morgan fingerprint density at radius 1 is 1.18 bits per heavy atom. The number of amides is 1. The highest BCUT2D eigenvalue weighted by Gasteiger charge is 2.42. The predicted octanol–water partition coefficient (Wildman–Crippen LogP) is 4.39. The van der Waals surface area contributed by atoms with Crippen molar-refractivity contribution in [3.63, 3.8) is 0 Å². The fourth-order valence-electron chi connectivity index (χ4n) is 6.43. The number of hydrogen-bond donors (Lipinski definition) is 1. The van der Waals surface area contributed by atoms with Gasteiger partial charge in [0.15, 0.2) is 0 Å². The van der Waals surface area contributed by atoms with E-state index in [4.69, 9.17) is 0 Å². The summed E-state index contributed by atoms with van der Waals surface area (Å²) in [5.41, 5.74) is 7.17. The summed E-state index contributed by atoms with van der Waals surface area (Å²) in [6.45, 7) is 11.3. The lowest BCUT2D eigenvalue weighted by Crippen LogP contribution is -2.43. The highest BCUT2D eigenvalue weighted by Crippen LogP contribution is 2.42. The van der Waals surface area contributed by atoms with Gasteiger partial charge in [-0.3, -0.25) is 20.0 Å². The Morgan fingerprint density at radius 3 is 2.74 bits per heavy atom. The van der Waals surface area contributed by atoms with Crippen LogP contribution in [0.5, 0.6) is 0 Å². The van der Waals surface area contributed by atoms with Crippen molar-refractivity contribution >= 4 is 5.91 Å². The van der Waals surface area contributed by atoms with E-state index in [9.17, 15) is 4.79 Å². The first kappa shape index (κ1) is 23.5. The second-order valence-electron chi connectivity index (χ2n) is 10.6. The van der Waals surface area contributed by atoms with E-state index in [0.29, 0.717) is 12.1 Å². The molecule has 182 valence electrons. The Bertz CT molecular complexity index is 947. The lowest BCUT2D eigenvalue weighted by molar-refractivity contribution is -0.128. The largest absolute Gasteiger partial charge is 0.298 e. The number of fused-ring (bicyclic) bond motifs is 2. The number of nitrogens with one attached hydrogen (secondary N) is 1. The predicted molar refractivity (Wildman–Crippen MR) is 138 cm³/mol. The van der Waals surface area contributed by atoms with Crippen molar-refractivity contribution in [2.24, 2.45) is 5.92 Å². The molecule has 3 heterocycles. The monoisotopic (exact) mass is 460 g/mol. The summed E-state index contributed by atoms with van der Waals surface area (Å²) in [4.78, 5) is 18.2. The molecule has 4 atom stereocenters. The zero-order valence-electron chi connectivity index (χ0n) is 20.7. The van der Waals surface area contributed by atoms with E-state index in [1.54, 1.807) is 0 Å². The van der Waals surface area contributed by atoms with Gasteiger partial charge in [0.05, 0.1) is 12.0 Å². The molecule has 0 saturated carbocycles. The Labute approximate surface area is 205 Å². The first-order valence-electron chi connectivity index (χ1n) is 13.2. The van der Waals surface area contributed by atoms with Crippen LogP contribution in [0.4, 0.5) is 0 Å². The number of carbonyl (C=O) groups excluding carboxylic acids is 1. The molecule has 5 rings (SSSR count). The number of benzene rings is 1. The summed E-state index contributed by atoms with van der Waals surface area (Å²) in [5, 5.41) is 2.08. The van der Waals surface area contributed by atoms with Crippen LogP contribution in [-0.2, 0) is 4.79 Å². The third kappa shape index (κ3) is 5.07. The van der Waals surface area contributed by atoms with Gasteiger partial charge in [-0.2, -0.15) is 0 Å². The lowest BCUT2D eigenvalue weighted by atomic mass is 9.87. The van der Waals surface area contributed by atoms with Crippen molar-refractivity contribution in [2.75, 3.05) is 32.7 Å². The van der Waals surface area contributed by atoms with Crippen molar-refractivity contribution in [1.29, 1.82) is 0 Å². The molecule has 0 radical (unpaired) electrons. The summed E-state index contributed by atoms with van der Waals surface area (Å²) in [6, 6.07) is 10.5. The number of carbonyl (C=O) groups is 1. The molecule has 1 N–H and O–H groups in total. The van der Waals surface area contributed by atoms with Gasteiger partial charge in [0.1, 0.15) is 0 Å². The molecule has 1 amide bonds. The molecule has 1 aliphatic carbocycles. The third-order valence-corrected chi connectivity index (χ3v) is 8.12. The quantitative estimate of drug-likeness (QED) is 0.613. The molecule has 4 unspecified atom stereocenters. The van der Waals surface area contributed by atoms with Gasteiger partial charge in [-0.25, -0.2) is 5.01 Å². The average Bonchev–Trinajstić information content (AvgIpc) is 3.44. The maximum absolute atomic E-state index is 12.8. The molecule has 34 heavy (non-hydrogen) atoms. The highest BCUT2D eigenvalue weighted by atomic mass is 16.2. The second-order valence-corrected chi connectivity index (χ2v) is 10.6. The molecule has 1 aromatic rings. The lowest BCUT2D eigenvalue weighted by Gasteiger charge is -2.38. The summed E-state index contributed by atoms with van der Waals surface area (Å²) in [7, 11) is 0. The van der Waals surface area contributed by atoms with Crippen LogP contribution in [0.25, 0.3) is 0 Å². The van der Waals surface area contributed by atoms with Gasteiger partial charge in [-0.1, -0.05) is 54.1 Å². The minimum atomic E-state index is -0.0774. The Hall–Kier alpha value is -2.21. The molecule has 1 aromatic carbocycles. The van der Waals surface area contributed by atoms with E-state index in [0.717, 1.165) is 39.1 Å². The smallest absolute Gasteiger partial charge is 0.241 e. The van der Waals surface area contributed by atoms with Crippen molar-refractivity contribution < 1.29 is 4.79 Å². The Kier molecular flexibility index (Phi) is 7.33. The van der Waals surface area contributed by atoms with Crippen LogP contribution in [0.3, 0.4) is 0 Å². The molecule has 3 saturated heterocycles. The van der Waals surface area contributed by atoms with Crippen molar-refractivity contribution in [3.8, 4) is 0 Å². The van der Waals surface area contributed by atoms with E-state index >= 15 is 0 Å². The Balaban J connectivity index is 1.38. The van der Waals surface area contributed by atoms with Gasteiger partial charge in [-0.05, 0) is 56.6 Å². The van der Waals surface area contributed by atoms with E-state index in [1.807, 2.05) is 6.08 Å². The molecule has 3 aliphatic heterocycles. The number of rotatable bonds is 7. The fraction of sp³-hybridized carbons (Fsp3) is 0.552. The third-order valence-electron chi connectivity index (χ3n) is 8.12. The van der Waals surface area contributed by atoms with Crippen LogP contribution in [0, 0.1) is 12.8 Å². The summed E-state index contributed by atoms with van der Waals surface area (Å²) < 4.78 is 0.